The zero-order valence-corrected chi connectivity index (χ0v) is 38.9. The first kappa shape index (κ1) is 42.2. The van der Waals surface area contributed by atoms with Crippen LogP contribution >= 0.6 is 11.3 Å². The van der Waals surface area contributed by atoms with Gasteiger partial charge >= 0.3 is 0 Å². The Morgan fingerprint density at radius 3 is 1.66 bits per heavy atom. The molecule has 3 nitrogen and oxygen atoms in total. The molecule has 11 heteroatoms. The van der Waals surface area contributed by atoms with Gasteiger partial charge in [-0.3, -0.25) is 0 Å². The lowest BCUT2D eigenvalue weighted by Crippen LogP contribution is -2.48. The maximum absolute atomic E-state index is 7.53. The van der Waals surface area contributed by atoms with E-state index in [1.807, 2.05) is 46.2 Å². The highest BCUT2D eigenvalue weighted by Crippen LogP contribution is 2.42. The van der Waals surface area contributed by atoms with Gasteiger partial charge in [-0.2, -0.15) is 0 Å². The second kappa shape index (κ2) is 15.6. The lowest BCUT2D eigenvalue weighted by Gasteiger charge is -2.19. The van der Waals surface area contributed by atoms with Crippen LogP contribution in [0.5, 0.6) is 0 Å². The average Bonchev–Trinajstić information content (AvgIpc) is 4.16. The van der Waals surface area contributed by atoms with Gasteiger partial charge in [0.15, 0.2) is 0 Å². The van der Waals surface area contributed by atoms with Crippen LogP contribution in [-0.2, 0) is 0 Å². The molecule has 0 saturated heterocycles. The number of thiophene rings is 1. The molecule has 0 bridgehead atoms. The first-order valence-electron chi connectivity index (χ1n) is 23.4. The summed E-state index contributed by atoms with van der Waals surface area (Å²) >= 11 is 1.81. The van der Waals surface area contributed by atoms with Crippen LogP contribution in [0.2, 0.25) is 0 Å². The summed E-state index contributed by atoms with van der Waals surface area (Å²) in [6.07, 6.45) is 0. The van der Waals surface area contributed by atoms with Crippen LogP contribution in [0.25, 0.3) is 125 Å². The third-order valence-corrected chi connectivity index (χ3v) is 15.8. The number of para-hydroxylation sites is 3. The average molecular weight is 901 g/mol. The maximum Gasteiger partial charge on any atom is 0.115 e. The summed E-state index contributed by atoms with van der Waals surface area (Å²) in [4.78, 5) is 0. The van der Waals surface area contributed by atoms with E-state index in [-0.39, 0.29) is 21.9 Å². The topological polar surface area (TPSA) is 14.8 Å². The van der Waals surface area contributed by atoms with Gasteiger partial charge in [0.25, 0.3) is 0 Å². The minimum atomic E-state index is 0.170. The van der Waals surface area contributed by atoms with E-state index in [4.69, 9.17) is 54.9 Å². The van der Waals surface area contributed by atoms with Gasteiger partial charge in [-0.25, -0.2) is 0 Å². The number of hydrogen-bond donors (Lipinski definition) is 0. The number of nitrogens with zero attached hydrogens (tertiary/aromatic N) is 3. The van der Waals surface area contributed by atoms with Crippen molar-refractivity contribution < 1.29 is 0 Å². The summed E-state index contributed by atoms with van der Waals surface area (Å²) in [6.45, 7) is 0. The van der Waals surface area contributed by atoms with Crippen molar-refractivity contribution in [1.29, 1.82) is 0 Å². The number of aromatic nitrogens is 3. The number of hydrogen-bond acceptors (Lipinski definition) is 1. The minimum absolute atomic E-state index is 0.170. The van der Waals surface area contributed by atoms with Crippen LogP contribution in [0.1, 0.15) is 0 Å². The Balaban J connectivity index is 1.04. The van der Waals surface area contributed by atoms with Gasteiger partial charge in [-0.05, 0) is 94.9 Å². The lowest BCUT2D eigenvalue weighted by molar-refractivity contribution is 1.17. The Labute approximate surface area is 422 Å². The molecule has 0 atom stereocenters. The minimum Gasteiger partial charge on any atom is -0.311 e. The Bertz CT molecular complexity index is 4610. The first-order valence-corrected chi connectivity index (χ1v) is 24.2. The van der Waals surface area contributed by atoms with Gasteiger partial charge < -0.3 is 13.7 Å². The van der Waals surface area contributed by atoms with Crippen molar-refractivity contribution in [2.24, 2.45) is 0 Å². The molecular formula is C60H30B7N3S. The van der Waals surface area contributed by atoms with Crippen LogP contribution in [-0.4, -0.2) is 68.6 Å². The molecule has 10 aromatic carbocycles. The zero-order chi connectivity index (χ0) is 48.0. The molecule has 0 unspecified atom stereocenters. The number of benzene rings is 10. The van der Waals surface area contributed by atoms with E-state index >= 15 is 0 Å². The Hall–Kier alpha value is -7.73. The molecular weight excluding hydrogens is 870 g/mol. The Morgan fingerprint density at radius 1 is 0.296 bits per heavy atom. The fourth-order valence-electron chi connectivity index (χ4n) is 11.4. The zero-order valence-electron chi connectivity index (χ0n) is 38.1. The molecule has 4 aromatic heterocycles. The van der Waals surface area contributed by atoms with Gasteiger partial charge in [-0.15, -0.1) is 22.3 Å². The predicted octanol–water partition coefficient (Wildman–Crippen LogP) is 8.24. The highest BCUT2D eigenvalue weighted by molar-refractivity contribution is 7.25. The largest absolute Gasteiger partial charge is 0.311 e. The third-order valence-electron chi connectivity index (χ3n) is 14.6. The summed E-state index contributed by atoms with van der Waals surface area (Å²) < 4.78 is 9.13. The summed E-state index contributed by atoms with van der Waals surface area (Å²) in [6, 6.07) is 63.8. The molecule has 0 saturated carbocycles. The molecule has 312 valence electrons. The smallest absolute Gasteiger partial charge is 0.115 e. The molecule has 0 aliphatic rings. The molecule has 14 rings (SSSR count). The van der Waals surface area contributed by atoms with Crippen molar-refractivity contribution in [2.75, 3.05) is 0 Å². The number of rotatable bonds is 5. The molecule has 14 aromatic rings. The molecule has 0 aliphatic carbocycles. The quantitative estimate of drug-likeness (QED) is 0.155. The molecule has 0 spiro atoms. The Kier molecular flexibility index (Phi) is 9.29. The highest BCUT2D eigenvalue weighted by atomic mass is 32.1. The van der Waals surface area contributed by atoms with E-state index in [1.54, 1.807) is 0 Å². The maximum atomic E-state index is 7.53. The molecule has 0 amide bonds. The monoisotopic (exact) mass is 901 g/mol. The number of fused-ring (bicyclic) bond motifs is 12. The van der Waals surface area contributed by atoms with Crippen molar-refractivity contribution in [3.05, 3.63) is 182 Å². The molecule has 71 heavy (non-hydrogen) atoms. The first-order chi connectivity index (χ1) is 34.7. The van der Waals surface area contributed by atoms with Crippen molar-refractivity contribution in [1.82, 2.24) is 13.7 Å². The summed E-state index contributed by atoms with van der Waals surface area (Å²) in [5.41, 5.74) is 13.6. The van der Waals surface area contributed by atoms with Crippen LogP contribution in [0, 0.1) is 0 Å². The van der Waals surface area contributed by atoms with Crippen molar-refractivity contribution in [2.45, 2.75) is 0 Å². The fraction of sp³-hybridized carbons (Fsp3) is 0. The van der Waals surface area contributed by atoms with Crippen LogP contribution < -0.4 is 38.2 Å². The van der Waals surface area contributed by atoms with Gasteiger partial charge in [0, 0.05) is 80.8 Å². The normalized spacial score (nSPS) is 12.1. The molecule has 4 heterocycles. The SMILES string of the molecule is [B]c1c([B])c([B])c2c(c1[B])c1c([B])c(-c3ccc4c(c3)c3cccc(-c5ccccc5)c3n4-c3ccc4sc5ccccc5c4c3)c([B])c([B])c1n2-c1ccc2c(c1)c1ccccc1n2-c1ccccc1. The predicted molar refractivity (Wildman–Crippen MR) is 311 cm³/mol. The van der Waals surface area contributed by atoms with E-state index in [9.17, 15) is 0 Å². The summed E-state index contributed by atoms with van der Waals surface area (Å²) in [5.74, 6) is 0. The van der Waals surface area contributed by atoms with Gasteiger partial charge in [0.1, 0.15) is 54.9 Å². The van der Waals surface area contributed by atoms with Crippen LogP contribution in [0.15, 0.2) is 182 Å². The second-order valence-electron chi connectivity index (χ2n) is 18.4. The van der Waals surface area contributed by atoms with Crippen molar-refractivity contribution in [3.63, 3.8) is 0 Å². The van der Waals surface area contributed by atoms with E-state index < -0.39 is 0 Å². The summed E-state index contributed by atoms with van der Waals surface area (Å²) in [7, 11) is 49.7. The molecule has 0 N–H and O–H groups in total. The van der Waals surface area contributed by atoms with Gasteiger partial charge in [-0.1, -0.05) is 137 Å². The lowest BCUT2D eigenvalue weighted by atomic mass is 9.64. The van der Waals surface area contributed by atoms with E-state index in [0.29, 0.717) is 43.8 Å². The molecule has 0 fully saturated rings. The van der Waals surface area contributed by atoms with Gasteiger partial charge in [0.05, 0.1) is 22.1 Å². The van der Waals surface area contributed by atoms with E-state index in [1.165, 1.54) is 20.2 Å². The van der Waals surface area contributed by atoms with Gasteiger partial charge in [0.2, 0.25) is 0 Å². The van der Waals surface area contributed by atoms with E-state index in [2.05, 4.69) is 161 Å². The molecule has 0 aliphatic heterocycles. The standard InChI is InChI=1S/C60H30B7N3S/c61-51-48(32-22-25-45-40(28-32)39-19-11-18-36(31-12-3-1-4-13-31)58(39)69(45)34-24-27-47-42(30-34)38-17-8-10-21-46(38)71-47)52(62)56(66)59-49(51)50-53(63)54(64)55(65)57(67)60(50)70(59)35-23-26-44-41(29-35)37-16-7-9-20-43(37)68(44)33-14-5-2-6-15-33/h1-30H. The molecule has 14 radical (unpaired) electrons. The summed E-state index contributed by atoms with van der Waals surface area (Å²) in [5, 5.41) is 7.78. The third kappa shape index (κ3) is 5.93. The highest BCUT2D eigenvalue weighted by Gasteiger charge is 2.26. The van der Waals surface area contributed by atoms with Crippen LogP contribution in [0.4, 0.5) is 0 Å². The Morgan fingerprint density at radius 2 is 0.859 bits per heavy atom. The van der Waals surface area contributed by atoms with Crippen molar-refractivity contribution >= 4 is 190 Å². The second-order valence-corrected chi connectivity index (χ2v) is 19.4. The van der Waals surface area contributed by atoms with E-state index in [0.717, 1.165) is 77.4 Å². The fourth-order valence-corrected chi connectivity index (χ4v) is 12.5. The van der Waals surface area contributed by atoms with Crippen LogP contribution in [0.3, 0.4) is 0 Å². The van der Waals surface area contributed by atoms with Crippen molar-refractivity contribution in [3.8, 4) is 39.3 Å².